The number of benzene rings is 1. The third kappa shape index (κ3) is 3.26. The average molecular weight is 273 g/mol. The van der Waals surface area contributed by atoms with Crippen LogP contribution in [0.3, 0.4) is 0 Å². The number of hydrogen-bond donors (Lipinski definition) is 1. The third-order valence-corrected chi connectivity index (χ3v) is 3.56. The Morgan fingerprint density at radius 3 is 2.63 bits per heavy atom. The fraction of sp³-hybridized carbons (Fsp3) is 0.143. The summed E-state index contributed by atoms with van der Waals surface area (Å²) in [5, 5.41) is 0.876. The van der Waals surface area contributed by atoms with Gasteiger partial charge in [-0.05, 0) is 30.3 Å². The zero-order chi connectivity index (χ0) is 13.8. The first-order chi connectivity index (χ1) is 9.08. The number of carbonyl (C=O) groups excluding carboxylic acids is 1. The van der Waals surface area contributed by atoms with Crippen LogP contribution in [-0.2, 0) is 0 Å². The molecule has 0 fully saturated rings. The van der Waals surface area contributed by atoms with Crippen molar-refractivity contribution in [2.75, 3.05) is 19.8 Å². The lowest BCUT2D eigenvalue weighted by Gasteiger charge is -2.12. The number of nitrogen functional groups attached to an aromatic ring is 1. The van der Waals surface area contributed by atoms with Crippen LogP contribution in [0.5, 0.6) is 0 Å². The van der Waals surface area contributed by atoms with Crippen molar-refractivity contribution in [3.05, 3.63) is 48.2 Å². The van der Waals surface area contributed by atoms with E-state index in [4.69, 9.17) is 5.73 Å². The van der Waals surface area contributed by atoms with Crippen molar-refractivity contribution in [2.45, 2.75) is 9.92 Å². The fourth-order valence-electron chi connectivity index (χ4n) is 1.55. The topological polar surface area (TPSA) is 59.2 Å². The van der Waals surface area contributed by atoms with Crippen LogP contribution in [0.1, 0.15) is 10.4 Å². The number of hydrogen-bond acceptors (Lipinski definition) is 4. The van der Waals surface area contributed by atoms with Crippen LogP contribution in [0, 0.1) is 0 Å². The molecule has 0 aliphatic rings. The molecule has 4 nitrogen and oxygen atoms in total. The predicted molar refractivity (Wildman–Crippen MR) is 77.2 cm³/mol. The molecule has 19 heavy (non-hydrogen) atoms. The molecule has 0 spiro atoms. The van der Waals surface area contributed by atoms with Crippen LogP contribution in [0.25, 0.3) is 0 Å². The van der Waals surface area contributed by atoms with E-state index in [0.717, 1.165) is 9.92 Å². The quantitative estimate of drug-likeness (QED) is 0.873. The molecule has 0 radical (unpaired) electrons. The maximum Gasteiger partial charge on any atom is 0.253 e. The fourth-order valence-corrected chi connectivity index (χ4v) is 2.35. The van der Waals surface area contributed by atoms with Gasteiger partial charge in [-0.25, -0.2) is 4.98 Å². The maximum atomic E-state index is 11.8. The van der Waals surface area contributed by atoms with Gasteiger partial charge in [0.15, 0.2) is 0 Å². The second-order valence-corrected chi connectivity index (χ2v) is 5.28. The highest BCUT2D eigenvalue weighted by Crippen LogP contribution is 2.31. The molecular formula is C14H15N3OS. The summed E-state index contributed by atoms with van der Waals surface area (Å²) in [5.41, 5.74) is 7.16. The molecule has 1 aromatic carbocycles. The molecule has 0 unspecified atom stereocenters. The van der Waals surface area contributed by atoms with Crippen molar-refractivity contribution in [3.8, 4) is 0 Å². The van der Waals surface area contributed by atoms with Crippen molar-refractivity contribution in [1.29, 1.82) is 0 Å². The number of aromatic nitrogens is 1. The largest absolute Gasteiger partial charge is 0.398 e. The van der Waals surface area contributed by atoms with E-state index in [1.807, 2.05) is 24.3 Å². The van der Waals surface area contributed by atoms with Crippen molar-refractivity contribution in [3.63, 3.8) is 0 Å². The van der Waals surface area contributed by atoms with E-state index in [1.54, 1.807) is 32.4 Å². The Kier molecular flexibility index (Phi) is 4.06. The lowest BCUT2D eigenvalue weighted by Crippen LogP contribution is -2.21. The molecule has 0 saturated carbocycles. The van der Waals surface area contributed by atoms with Gasteiger partial charge in [0.05, 0.1) is 0 Å². The minimum atomic E-state index is -0.0545. The van der Waals surface area contributed by atoms with Crippen molar-refractivity contribution in [2.24, 2.45) is 0 Å². The monoisotopic (exact) mass is 273 g/mol. The second kappa shape index (κ2) is 5.75. The first kappa shape index (κ1) is 13.4. The Morgan fingerprint density at radius 1 is 1.26 bits per heavy atom. The Balaban J connectivity index is 2.23. The summed E-state index contributed by atoms with van der Waals surface area (Å²) >= 11 is 1.48. The Labute approximate surface area is 116 Å². The molecule has 0 saturated heterocycles. The van der Waals surface area contributed by atoms with Crippen LogP contribution in [-0.4, -0.2) is 29.9 Å². The Bertz CT molecular complexity index is 584. The van der Waals surface area contributed by atoms with Gasteiger partial charge in [0.2, 0.25) is 0 Å². The predicted octanol–water partition coefficient (Wildman–Crippen LogP) is 2.52. The molecule has 5 heteroatoms. The Hall–Kier alpha value is -2.01. The molecule has 1 amide bonds. The van der Waals surface area contributed by atoms with Gasteiger partial charge in [-0.2, -0.15) is 0 Å². The summed E-state index contributed by atoms with van der Waals surface area (Å²) in [6.45, 7) is 0. The van der Waals surface area contributed by atoms with Crippen molar-refractivity contribution < 1.29 is 4.79 Å². The van der Waals surface area contributed by atoms with E-state index in [1.165, 1.54) is 16.7 Å². The number of nitrogens with zero attached hydrogens (tertiary/aromatic N) is 2. The Morgan fingerprint density at radius 2 is 2.05 bits per heavy atom. The molecule has 2 aromatic rings. The van der Waals surface area contributed by atoms with E-state index < -0.39 is 0 Å². The lowest BCUT2D eigenvalue weighted by molar-refractivity contribution is 0.0827. The summed E-state index contributed by atoms with van der Waals surface area (Å²) in [5.74, 6) is -0.0545. The van der Waals surface area contributed by atoms with Gasteiger partial charge < -0.3 is 10.6 Å². The number of nitrogens with two attached hydrogens (primary N) is 1. The summed E-state index contributed by atoms with van der Waals surface area (Å²) in [4.78, 5) is 18.5. The number of amides is 1. The number of carbonyl (C=O) groups is 1. The summed E-state index contributed by atoms with van der Waals surface area (Å²) in [6.07, 6.45) is 1.74. The molecule has 0 bridgehead atoms. The number of pyridine rings is 1. The third-order valence-electron chi connectivity index (χ3n) is 2.52. The number of anilines is 1. The van der Waals surface area contributed by atoms with E-state index in [0.29, 0.717) is 11.3 Å². The molecule has 0 atom stereocenters. The van der Waals surface area contributed by atoms with E-state index in [9.17, 15) is 4.79 Å². The number of rotatable bonds is 3. The summed E-state index contributed by atoms with van der Waals surface area (Å²) in [6, 6.07) is 11.0. The zero-order valence-corrected chi connectivity index (χ0v) is 11.6. The molecule has 2 rings (SSSR count). The molecule has 98 valence electrons. The molecule has 2 N–H and O–H groups in total. The first-order valence-corrected chi connectivity index (χ1v) is 6.59. The molecule has 0 aliphatic heterocycles. The van der Waals surface area contributed by atoms with Gasteiger partial charge in [0.1, 0.15) is 5.03 Å². The van der Waals surface area contributed by atoms with Crippen LogP contribution in [0.4, 0.5) is 5.69 Å². The van der Waals surface area contributed by atoms with Crippen LogP contribution < -0.4 is 5.73 Å². The summed E-state index contributed by atoms with van der Waals surface area (Å²) in [7, 11) is 3.43. The standard InChI is InChI=1S/C14H15N3OS/c1-17(2)14(18)10-6-7-12(11(15)9-10)19-13-5-3-4-8-16-13/h3-9H,15H2,1-2H3. The van der Waals surface area contributed by atoms with Crippen LogP contribution >= 0.6 is 11.8 Å². The van der Waals surface area contributed by atoms with Gasteiger partial charge >= 0.3 is 0 Å². The van der Waals surface area contributed by atoms with E-state index in [2.05, 4.69) is 4.98 Å². The van der Waals surface area contributed by atoms with Gasteiger partial charge in [-0.15, -0.1) is 0 Å². The van der Waals surface area contributed by atoms with Crippen molar-refractivity contribution >= 4 is 23.4 Å². The van der Waals surface area contributed by atoms with Gasteiger partial charge in [0.25, 0.3) is 5.91 Å². The van der Waals surface area contributed by atoms with Crippen molar-refractivity contribution in [1.82, 2.24) is 9.88 Å². The lowest BCUT2D eigenvalue weighted by atomic mass is 10.2. The smallest absolute Gasteiger partial charge is 0.253 e. The molecule has 1 heterocycles. The average Bonchev–Trinajstić information content (AvgIpc) is 2.41. The highest BCUT2D eigenvalue weighted by molar-refractivity contribution is 7.99. The molecule has 1 aromatic heterocycles. The zero-order valence-electron chi connectivity index (χ0n) is 10.8. The van der Waals surface area contributed by atoms with E-state index in [-0.39, 0.29) is 5.91 Å². The van der Waals surface area contributed by atoms with Crippen LogP contribution in [0.15, 0.2) is 52.5 Å². The normalized spacial score (nSPS) is 10.2. The van der Waals surface area contributed by atoms with E-state index >= 15 is 0 Å². The molecular weight excluding hydrogens is 258 g/mol. The van der Waals surface area contributed by atoms with Gasteiger partial charge in [0, 0.05) is 36.4 Å². The van der Waals surface area contributed by atoms with Crippen LogP contribution in [0.2, 0.25) is 0 Å². The highest BCUT2D eigenvalue weighted by Gasteiger charge is 2.10. The SMILES string of the molecule is CN(C)C(=O)c1ccc(Sc2ccccn2)c(N)c1. The minimum absolute atomic E-state index is 0.0545. The van der Waals surface area contributed by atoms with Gasteiger partial charge in [-0.3, -0.25) is 4.79 Å². The second-order valence-electron chi connectivity index (χ2n) is 4.22. The highest BCUT2D eigenvalue weighted by atomic mass is 32.2. The van der Waals surface area contributed by atoms with Gasteiger partial charge in [-0.1, -0.05) is 17.8 Å². The molecule has 0 aliphatic carbocycles. The maximum absolute atomic E-state index is 11.8. The minimum Gasteiger partial charge on any atom is -0.398 e. The first-order valence-electron chi connectivity index (χ1n) is 5.78. The summed E-state index contributed by atoms with van der Waals surface area (Å²) < 4.78 is 0.